The molecule has 0 bridgehead atoms. The third-order valence-corrected chi connectivity index (χ3v) is 4.73. The number of hydrogen-bond donors (Lipinski definition) is 2. The van der Waals surface area contributed by atoms with E-state index in [0.29, 0.717) is 0 Å². The average Bonchev–Trinajstić information content (AvgIpc) is 2.44. The number of nitrogens with zero attached hydrogens (tertiary/aromatic N) is 1. The van der Waals surface area contributed by atoms with Gasteiger partial charge in [0.05, 0.1) is 5.54 Å². The molecule has 0 heterocycles. The third kappa shape index (κ3) is 5.06. The first-order valence-corrected chi connectivity index (χ1v) is 8.32. The van der Waals surface area contributed by atoms with Gasteiger partial charge in [0, 0.05) is 6.04 Å². The second kappa shape index (κ2) is 8.63. The minimum atomic E-state index is -0.555. The molecule has 1 aliphatic rings. The number of primary amides is 1. The van der Waals surface area contributed by atoms with Crippen LogP contribution in [-0.4, -0.2) is 42.0 Å². The Balaban J connectivity index is 2.41. The second-order valence-electron chi connectivity index (χ2n) is 6.25. The Hall–Kier alpha value is -0.610. The molecule has 1 amide bonds. The quantitative estimate of drug-likeness (QED) is 0.682. The molecular weight excluding hydrogens is 250 g/mol. The zero-order valence-corrected chi connectivity index (χ0v) is 13.6. The van der Waals surface area contributed by atoms with Gasteiger partial charge in [-0.25, -0.2) is 0 Å². The monoisotopic (exact) mass is 283 g/mol. The SMILES string of the molecule is CCNC(C)(CCCN(CC)C1CCCCC1)C(N)=O. The van der Waals surface area contributed by atoms with Gasteiger partial charge < -0.3 is 16.0 Å². The summed E-state index contributed by atoms with van der Waals surface area (Å²) < 4.78 is 0. The molecule has 118 valence electrons. The van der Waals surface area contributed by atoms with Crippen molar-refractivity contribution >= 4 is 5.91 Å². The van der Waals surface area contributed by atoms with Crippen LogP contribution in [0.1, 0.15) is 65.7 Å². The lowest BCUT2D eigenvalue weighted by molar-refractivity contribution is -0.124. The Kier molecular flexibility index (Phi) is 7.52. The van der Waals surface area contributed by atoms with Crippen LogP contribution in [0.15, 0.2) is 0 Å². The van der Waals surface area contributed by atoms with Crippen molar-refractivity contribution in [1.29, 1.82) is 0 Å². The summed E-state index contributed by atoms with van der Waals surface area (Å²) in [4.78, 5) is 14.2. The minimum absolute atomic E-state index is 0.236. The van der Waals surface area contributed by atoms with Gasteiger partial charge >= 0.3 is 0 Å². The maximum atomic E-state index is 11.6. The number of amides is 1. The summed E-state index contributed by atoms with van der Waals surface area (Å²) in [5.74, 6) is -0.236. The highest BCUT2D eigenvalue weighted by molar-refractivity contribution is 5.84. The Morgan fingerprint density at radius 3 is 2.45 bits per heavy atom. The lowest BCUT2D eigenvalue weighted by Crippen LogP contribution is -2.53. The maximum absolute atomic E-state index is 11.6. The van der Waals surface area contributed by atoms with E-state index in [4.69, 9.17) is 5.73 Å². The summed E-state index contributed by atoms with van der Waals surface area (Å²) in [5.41, 5.74) is 4.98. The molecule has 1 atom stereocenters. The Morgan fingerprint density at radius 1 is 1.30 bits per heavy atom. The number of carbonyl (C=O) groups is 1. The molecule has 4 nitrogen and oxygen atoms in total. The molecule has 1 rings (SSSR count). The first-order chi connectivity index (χ1) is 9.53. The van der Waals surface area contributed by atoms with Crippen molar-refractivity contribution in [3.63, 3.8) is 0 Å². The van der Waals surface area contributed by atoms with Gasteiger partial charge in [-0.1, -0.05) is 33.1 Å². The van der Waals surface area contributed by atoms with Gasteiger partial charge in [0.2, 0.25) is 5.91 Å². The molecule has 0 saturated heterocycles. The van der Waals surface area contributed by atoms with E-state index in [-0.39, 0.29) is 5.91 Å². The predicted octanol–water partition coefficient (Wildman–Crippen LogP) is 2.27. The predicted molar refractivity (Wildman–Crippen MR) is 84.6 cm³/mol. The molecule has 1 unspecified atom stereocenters. The van der Waals surface area contributed by atoms with Crippen LogP contribution in [0.2, 0.25) is 0 Å². The molecule has 3 N–H and O–H groups in total. The van der Waals surface area contributed by atoms with E-state index >= 15 is 0 Å². The van der Waals surface area contributed by atoms with Crippen molar-refractivity contribution in [3.8, 4) is 0 Å². The largest absolute Gasteiger partial charge is 0.368 e. The summed E-state index contributed by atoms with van der Waals surface area (Å²) >= 11 is 0. The zero-order valence-electron chi connectivity index (χ0n) is 13.6. The minimum Gasteiger partial charge on any atom is -0.368 e. The van der Waals surface area contributed by atoms with Gasteiger partial charge in [-0.05, 0) is 52.2 Å². The summed E-state index contributed by atoms with van der Waals surface area (Å²) in [6, 6.07) is 0.757. The number of hydrogen-bond acceptors (Lipinski definition) is 3. The smallest absolute Gasteiger partial charge is 0.237 e. The van der Waals surface area contributed by atoms with Crippen LogP contribution in [0.25, 0.3) is 0 Å². The highest BCUT2D eigenvalue weighted by Crippen LogP contribution is 2.23. The van der Waals surface area contributed by atoms with Crippen molar-refractivity contribution in [2.45, 2.75) is 77.3 Å². The molecule has 0 aromatic heterocycles. The molecule has 20 heavy (non-hydrogen) atoms. The van der Waals surface area contributed by atoms with Crippen molar-refractivity contribution < 1.29 is 4.79 Å². The van der Waals surface area contributed by atoms with Crippen molar-refractivity contribution in [1.82, 2.24) is 10.2 Å². The standard InChI is InChI=1S/C16H33N3O/c1-4-18-16(3,15(17)20)12-9-13-19(5-2)14-10-7-6-8-11-14/h14,18H,4-13H2,1-3H3,(H2,17,20). The van der Waals surface area contributed by atoms with Crippen molar-refractivity contribution in [3.05, 3.63) is 0 Å². The van der Waals surface area contributed by atoms with Gasteiger partial charge in [0.1, 0.15) is 0 Å². The van der Waals surface area contributed by atoms with Crippen LogP contribution in [-0.2, 0) is 4.79 Å². The van der Waals surface area contributed by atoms with E-state index in [9.17, 15) is 4.79 Å². The van der Waals surface area contributed by atoms with Crippen LogP contribution in [0.3, 0.4) is 0 Å². The third-order valence-electron chi connectivity index (χ3n) is 4.73. The molecule has 0 radical (unpaired) electrons. The summed E-state index contributed by atoms with van der Waals surface area (Å²) in [7, 11) is 0. The van der Waals surface area contributed by atoms with Gasteiger partial charge in [0.25, 0.3) is 0 Å². The van der Waals surface area contributed by atoms with Crippen LogP contribution < -0.4 is 11.1 Å². The lowest BCUT2D eigenvalue weighted by atomic mass is 9.92. The molecular formula is C16H33N3O. The topological polar surface area (TPSA) is 58.4 Å². The molecule has 0 spiro atoms. The fourth-order valence-corrected chi connectivity index (χ4v) is 3.37. The Bertz CT molecular complexity index is 289. The lowest BCUT2D eigenvalue weighted by Gasteiger charge is -2.34. The zero-order chi connectivity index (χ0) is 15.0. The highest BCUT2D eigenvalue weighted by Gasteiger charge is 2.29. The fourth-order valence-electron chi connectivity index (χ4n) is 3.37. The molecule has 0 aliphatic heterocycles. The van der Waals surface area contributed by atoms with E-state index < -0.39 is 5.54 Å². The fraction of sp³-hybridized carbons (Fsp3) is 0.938. The second-order valence-corrected chi connectivity index (χ2v) is 6.25. The summed E-state index contributed by atoms with van der Waals surface area (Å²) in [6.07, 6.45) is 8.67. The number of nitrogens with two attached hydrogens (primary N) is 1. The van der Waals surface area contributed by atoms with E-state index in [1.54, 1.807) is 0 Å². The van der Waals surface area contributed by atoms with Gasteiger partial charge in [-0.3, -0.25) is 4.79 Å². The van der Waals surface area contributed by atoms with E-state index in [2.05, 4.69) is 17.1 Å². The van der Waals surface area contributed by atoms with Gasteiger partial charge in [-0.2, -0.15) is 0 Å². The first-order valence-electron chi connectivity index (χ1n) is 8.32. The molecule has 1 aliphatic carbocycles. The van der Waals surface area contributed by atoms with Gasteiger partial charge in [0.15, 0.2) is 0 Å². The van der Waals surface area contributed by atoms with Gasteiger partial charge in [-0.15, -0.1) is 0 Å². The average molecular weight is 283 g/mol. The van der Waals surface area contributed by atoms with E-state index in [0.717, 1.165) is 38.5 Å². The number of rotatable bonds is 9. The molecule has 4 heteroatoms. The van der Waals surface area contributed by atoms with Crippen LogP contribution >= 0.6 is 0 Å². The van der Waals surface area contributed by atoms with Crippen molar-refractivity contribution in [2.75, 3.05) is 19.6 Å². The Labute approximate surface area is 124 Å². The van der Waals surface area contributed by atoms with Crippen LogP contribution in [0.5, 0.6) is 0 Å². The normalized spacial score (nSPS) is 20.0. The maximum Gasteiger partial charge on any atom is 0.237 e. The van der Waals surface area contributed by atoms with Crippen molar-refractivity contribution in [2.24, 2.45) is 5.73 Å². The first kappa shape index (κ1) is 17.4. The Morgan fingerprint density at radius 2 is 1.95 bits per heavy atom. The van der Waals surface area contributed by atoms with Crippen LogP contribution in [0.4, 0.5) is 0 Å². The summed E-state index contributed by atoms with van der Waals surface area (Å²) in [5, 5.41) is 3.24. The van der Waals surface area contributed by atoms with E-state index in [1.807, 2.05) is 13.8 Å². The number of nitrogens with one attached hydrogen (secondary N) is 1. The highest BCUT2D eigenvalue weighted by atomic mass is 16.1. The summed E-state index contributed by atoms with van der Waals surface area (Å²) in [6.45, 7) is 9.15. The number of carbonyl (C=O) groups excluding carboxylic acids is 1. The molecule has 1 fully saturated rings. The molecule has 0 aromatic rings. The molecule has 0 aromatic carbocycles. The van der Waals surface area contributed by atoms with Crippen LogP contribution in [0, 0.1) is 0 Å². The number of likely N-dealkylation sites (N-methyl/N-ethyl adjacent to an activating group) is 1. The van der Waals surface area contributed by atoms with E-state index in [1.165, 1.54) is 32.1 Å². The molecule has 1 saturated carbocycles.